The number of aryl methyl sites for hydroxylation is 1. The zero-order chi connectivity index (χ0) is 10.7. The number of rotatable bonds is 3. The molecule has 0 aromatic heterocycles. The average molecular weight is 279 g/mol. The van der Waals surface area contributed by atoms with Crippen molar-refractivity contribution in [2.45, 2.75) is 6.92 Å². The van der Waals surface area contributed by atoms with E-state index in [2.05, 4.69) is 20.8 Å². The van der Waals surface area contributed by atoms with Crippen molar-refractivity contribution in [3.8, 4) is 5.75 Å². The Labute approximate surface area is 97.9 Å². The molecule has 0 radical (unpaired) electrons. The molecule has 0 aliphatic rings. The Morgan fingerprint density at radius 2 is 2.14 bits per heavy atom. The van der Waals surface area contributed by atoms with Crippen LogP contribution >= 0.6 is 27.5 Å². The van der Waals surface area contributed by atoms with Crippen LogP contribution in [0.3, 0.4) is 0 Å². The van der Waals surface area contributed by atoms with Crippen LogP contribution in [0.2, 0.25) is 5.02 Å². The topological polar surface area (TPSA) is 12.5 Å². The van der Waals surface area contributed by atoms with Crippen LogP contribution in [0.25, 0.3) is 0 Å². The van der Waals surface area contributed by atoms with E-state index in [0.29, 0.717) is 5.02 Å². The molecule has 4 heteroatoms. The first-order valence-corrected chi connectivity index (χ1v) is 5.71. The lowest BCUT2D eigenvalue weighted by Crippen LogP contribution is -2.15. The summed E-state index contributed by atoms with van der Waals surface area (Å²) in [7, 11) is 3.62. The van der Waals surface area contributed by atoms with Crippen LogP contribution in [0.1, 0.15) is 5.56 Å². The largest absolute Gasteiger partial charge is 0.495 e. The summed E-state index contributed by atoms with van der Waals surface area (Å²) in [6, 6.07) is 3.85. The van der Waals surface area contributed by atoms with Crippen molar-refractivity contribution in [1.82, 2.24) is 0 Å². The standard InChI is InChI=1S/C10H13BrClNO/c1-7-4-10(14-3)8(12)5-9(7)13(2)6-11/h4-5H,6H2,1-3H3. The van der Waals surface area contributed by atoms with Gasteiger partial charge in [0.05, 0.1) is 17.6 Å². The summed E-state index contributed by atoms with van der Waals surface area (Å²) >= 11 is 9.43. The van der Waals surface area contributed by atoms with Gasteiger partial charge in [0.1, 0.15) is 5.75 Å². The highest BCUT2D eigenvalue weighted by molar-refractivity contribution is 9.09. The zero-order valence-corrected chi connectivity index (χ0v) is 10.8. The molecule has 14 heavy (non-hydrogen) atoms. The van der Waals surface area contributed by atoms with E-state index in [0.717, 1.165) is 22.5 Å². The van der Waals surface area contributed by atoms with E-state index in [1.165, 1.54) is 0 Å². The lowest BCUT2D eigenvalue weighted by Gasteiger charge is -2.19. The molecule has 0 N–H and O–H groups in total. The van der Waals surface area contributed by atoms with Crippen molar-refractivity contribution in [3.05, 3.63) is 22.7 Å². The van der Waals surface area contributed by atoms with Crippen molar-refractivity contribution in [2.75, 3.05) is 24.5 Å². The summed E-state index contributed by atoms with van der Waals surface area (Å²) in [5.41, 5.74) is 3.03. The second kappa shape index (κ2) is 4.89. The van der Waals surface area contributed by atoms with Gasteiger partial charge in [-0.2, -0.15) is 0 Å². The second-order valence-corrected chi connectivity index (χ2v) is 4.00. The zero-order valence-electron chi connectivity index (χ0n) is 8.47. The highest BCUT2D eigenvalue weighted by atomic mass is 79.9. The first-order chi connectivity index (χ1) is 6.60. The van der Waals surface area contributed by atoms with Gasteiger partial charge < -0.3 is 9.64 Å². The number of methoxy groups -OCH3 is 1. The molecule has 0 unspecified atom stereocenters. The third-order valence-corrected chi connectivity index (χ3v) is 3.11. The maximum atomic E-state index is 6.04. The maximum Gasteiger partial charge on any atom is 0.137 e. The molecule has 78 valence electrons. The van der Waals surface area contributed by atoms with Crippen LogP contribution in [0.5, 0.6) is 5.75 Å². The highest BCUT2D eigenvalue weighted by Crippen LogP contribution is 2.32. The summed E-state index contributed by atoms with van der Waals surface area (Å²) < 4.78 is 5.13. The molecule has 1 rings (SSSR count). The number of nitrogens with zero attached hydrogens (tertiary/aromatic N) is 1. The second-order valence-electron chi connectivity index (χ2n) is 3.09. The maximum absolute atomic E-state index is 6.04. The molecular formula is C10H13BrClNO. The summed E-state index contributed by atoms with van der Waals surface area (Å²) in [5, 5.41) is 0.640. The van der Waals surface area contributed by atoms with Gasteiger partial charge >= 0.3 is 0 Å². The third-order valence-electron chi connectivity index (χ3n) is 2.06. The Morgan fingerprint density at radius 3 is 2.64 bits per heavy atom. The van der Waals surface area contributed by atoms with Crippen molar-refractivity contribution >= 4 is 33.2 Å². The molecule has 1 aromatic carbocycles. The fourth-order valence-electron chi connectivity index (χ4n) is 1.28. The monoisotopic (exact) mass is 277 g/mol. The number of hydrogen-bond acceptors (Lipinski definition) is 2. The van der Waals surface area contributed by atoms with Gasteiger partial charge in [-0.25, -0.2) is 0 Å². The van der Waals surface area contributed by atoms with Gasteiger partial charge in [0.25, 0.3) is 0 Å². The van der Waals surface area contributed by atoms with Gasteiger partial charge in [-0.1, -0.05) is 27.5 Å². The van der Waals surface area contributed by atoms with E-state index in [1.807, 2.05) is 26.1 Å². The molecule has 0 spiro atoms. The fraction of sp³-hybridized carbons (Fsp3) is 0.400. The highest BCUT2D eigenvalue weighted by Gasteiger charge is 2.08. The van der Waals surface area contributed by atoms with Gasteiger partial charge in [0.2, 0.25) is 0 Å². The van der Waals surface area contributed by atoms with E-state index in [-0.39, 0.29) is 0 Å². The number of hydrogen-bond donors (Lipinski definition) is 0. The first kappa shape index (κ1) is 11.7. The Balaban J connectivity index is 3.14. The van der Waals surface area contributed by atoms with Crippen molar-refractivity contribution in [3.63, 3.8) is 0 Å². The van der Waals surface area contributed by atoms with Crippen LogP contribution in [0, 0.1) is 6.92 Å². The molecule has 2 nitrogen and oxygen atoms in total. The van der Waals surface area contributed by atoms with Crippen LogP contribution in [-0.4, -0.2) is 19.6 Å². The summed E-state index contributed by atoms with van der Waals surface area (Å²) in [4.78, 5) is 2.07. The third kappa shape index (κ3) is 2.34. The lowest BCUT2D eigenvalue weighted by atomic mass is 10.2. The summed E-state index contributed by atoms with van der Waals surface area (Å²) in [6.07, 6.45) is 0. The quantitative estimate of drug-likeness (QED) is 0.620. The van der Waals surface area contributed by atoms with E-state index in [9.17, 15) is 0 Å². The van der Waals surface area contributed by atoms with Crippen molar-refractivity contribution in [2.24, 2.45) is 0 Å². The van der Waals surface area contributed by atoms with Crippen LogP contribution in [0.4, 0.5) is 5.69 Å². The minimum atomic E-state index is 0.640. The number of halogens is 2. The normalized spacial score (nSPS) is 10.1. The van der Waals surface area contributed by atoms with Crippen molar-refractivity contribution < 1.29 is 4.74 Å². The number of ether oxygens (including phenoxy) is 1. The van der Waals surface area contributed by atoms with Gasteiger partial charge in [0.15, 0.2) is 0 Å². The molecule has 0 bridgehead atoms. The van der Waals surface area contributed by atoms with E-state index < -0.39 is 0 Å². The minimum absolute atomic E-state index is 0.640. The summed E-state index contributed by atoms with van der Waals surface area (Å²) in [6.45, 7) is 2.04. The smallest absolute Gasteiger partial charge is 0.137 e. The Bertz CT molecular complexity index is 330. The molecule has 0 saturated carbocycles. The van der Waals surface area contributed by atoms with E-state index >= 15 is 0 Å². The van der Waals surface area contributed by atoms with Crippen LogP contribution < -0.4 is 9.64 Å². The lowest BCUT2D eigenvalue weighted by molar-refractivity contribution is 0.414. The molecular weight excluding hydrogens is 265 g/mol. The molecule has 1 aromatic rings. The Hall–Kier alpha value is -0.410. The molecule has 0 atom stereocenters. The number of benzene rings is 1. The van der Waals surface area contributed by atoms with Crippen molar-refractivity contribution in [1.29, 1.82) is 0 Å². The first-order valence-electron chi connectivity index (χ1n) is 4.21. The van der Waals surface area contributed by atoms with Gasteiger partial charge in [-0.3, -0.25) is 0 Å². The van der Waals surface area contributed by atoms with Gasteiger partial charge in [0, 0.05) is 12.7 Å². The fourth-order valence-corrected chi connectivity index (χ4v) is 1.78. The molecule has 0 aliphatic heterocycles. The van der Waals surface area contributed by atoms with E-state index in [4.69, 9.17) is 16.3 Å². The molecule has 0 heterocycles. The van der Waals surface area contributed by atoms with E-state index in [1.54, 1.807) is 7.11 Å². The van der Waals surface area contributed by atoms with Gasteiger partial charge in [-0.05, 0) is 24.6 Å². The SMILES string of the molecule is COc1cc(C)c(N(C)CBr)cc1Cl. The van der Waals surface area contributed by atoms with Gasteiger partial charge in [-0.15, -0.1) is 0 Å². The Morgan fingerprint density at radius 1 is 1.50 bits per heavy atom. The number of anilines is 1. The molecule has 0 fully saturated rings. The Kier molecular flexibility index (Phi) is 4.08. The van der Waals surface area contributed by atoms with Crippen LogP contribution in [-0.2, 0) is 0 Å². The predicted molar refractivity (Wildman–Crippen MR) is 64.9 cm³/mol. The molecule has 0 aliphatic carbocycles. The minimum Gasteiger partial charge on any atom is -0.495 e. The average Bonchev–Trinajstić information content (AvgIpc) is 2.19. The predicted octanol–water partition coefficient (Wildman–Crippen LogP) is 3.45. The number of alkyl halides is 1. The molecule has 0 amide bonds. The summed E-state index contributed by atoms with van der Waals surface area (Å²) in [5.74, 6) is 0.718. The molecule has 0 saturated heterocycles. The van der Waals surface area contributed by atoms with Crippen LogP contribution in [0.15, 0.2) is 12.1 Å².